The number of benzene rings is 1. The number of hydrogen-bond acceptors (Lipinski definition) is 4. The summed E-state index contributed by atoms with van der Waals surface area (Å²) in [5.74, 6) is 0. The fraction of sp³-hybridized carbons (Fsp3) is 0.571. The summed E-state index contributed by atoms with van der Waals surface area (Å²) in [4.78, 5) is 2.25. The van der Waals surface area contributed by atoms with E-state index in [2.05, 4.69) is 11.8 Å². The first-order chi connectivity index (χ1) is 9.48. The van der Waals surface area contributed by atoms with Crippen LogP contribution in [-0.2, 0) is 10.0 Å². The van der Waals surface area contributed by atoms with Gasteiger partial charge in [0.1, 0.15) is 0 Å². The highest BCUT2D eigenvalue weighted by Gasteiger charge is 2.42. The molecule has 5 nitrogen and oxygen atoms in total. The zero-order valence-electron chi connectivity index (χ0n) is 11.7. The van der Waals surface area contributed by atoms with Crippen molar-refractivity contribution in [2.45, 2.75) is 31.1 Å². The van der Waals surface area contributed by atoms with Crippen molar-refractivity contribution in [2.24, 2.45) is 0 Å². The van der Waals surface area contributed by atoms with Crippen LogP contribution in [0.15, 0.2) is 24.3 Å². The number of sulfonamides is 1. The van der Waals surface area contributed by atoms with Crippen LogP contribution in [0.2, 0.25) is 0 Å². The van der Waals surface area contributed by atoms with Gasteiger partial charge in [-0.25, -0.2) is 8.42 Å². The van der Waals surface area contributed by atoms with Gasteiger partial charge in [0.05, 0.1) is 5.25 Å². The highest BCUT2D eigenvalue weighted by molar-refractivity contribution is 7.90. The van der Waals surface area contributed by atoms with Gasteiger partial charge in [-0.3, -0.25) is 0 Å². The summed E-state index contributed by atoms with van der Waals surface area (Å²) in [6, 6.07) is 7.94. The van der Waals surface area contributed by atoms with Crippen molar-refractivity contribution in [3.05, 3.63) is 24.3 Å². The number of anilines is 2. The summed E-state index contributed by atoms with van der Waals surface area (Å²) < 4.78 is 26.2. The van der Waals surface area contributed by atoms with Crippen LogP contribution in [0.25, 0.3) is 0 Å². The molecule has 0 spiro atoms. The molecule has 1 unspecified atom stereocenters. The van der Waals surface area contributed by atoms with Gasteiger partial charge in [0.25, 0.3) is 0 Å². The van der Waals surface area contributed by atoms with E-state index >= 15 is 0 Å². The van der Waals surface area contributed by atoms with Crippen molar-refractivity contribution >= 4 is 21.4 Å². The first-order valence-electron chi connectivity index (χ1n) is 7.09. The first-order valence-corrected chi connectivity index (χ1v) is 8.60. The maximum Gasteiger partial charge on any atom is 0.217 e. The summed E-state index contributed by atoms with van der Waals surface area (Å²) >= 11 is 0. The molecule has 1 heterocycles. The number of nitrogens with zero attached hydrogens (tertiary/aromatic N) is 2. The smallest absolute Gasteiger partial charge is 0.217 e. The second-order valence-electron chi connectivity index (χ2n) is 5.74. The fourth-order valence-corrected chi connectivity index (χ4v) is 4.69. The average Bonchev–Trinajstić information content (AvgIpc) is 3.24. The summed E-state index contributed by atoms with van der Waals surface area (Å²) in [6.07, 6.45) is 1.66. The van der Waals surface area contributed by atoms with E-state index in [-0.39, 0.29) is 11.3 Å². The molecule has 0 aromatic heterocycles. The van der Waals surface area contributed by atoms with Crippen molar-refractivity contribution in [3.63, 3.8) is 0 Å². The van der Waals surface area contributed by atoms with Gasteiger partial charge in [0, 0.05) is 37.1 Å². The van der Waals surface area contributed by atoms with Crippen LogP contribution < -0.4 is 10.6 Å². The number of nitrogen functional groups attached to an aromatic ring is 1. The molecule has 2 aliphatic rings. The Hall–Kier alpha value is -1.27. The summed E-state index contributed by atoms with van der Waals surface area (Å²) in [7, 11) is -3.05. The molecular formula is C14H21N3O2S. The maximum atomic E-state index is 12.3. The summed E-state index contributed by atoms with van der Waals surface area (Å²) in [5.41, 5.74) is 7.56. The molecule has 2 N–H and O–H groups in total. The molecule has 2 fully saturated rings. The Bertz CT molecular complexity index is 581. The second-order valence-corrected chi connectivity index (χ2v) is 7.95. The lowest BCUT2D eigenvalue weighted by Crippen LogP contribution is -2.54. The Morgan fingerprint density at radius 3 is 2.35 bits per heavy atom. The molecule has 1 aromatic carbocycles. The van der Waals surface area contributed by atoms with Crippen LogP contribution in [-0.4, -0.2) is 43.6 Å². The molecule has 110 valence electrons. The molecule has 0 bridgehead atoms. The van der Waals surface area contributed by atoms with Crippen LogP contribution in [0.3, 0.4) is 0 Å². The van der Waals surface area contributed by atoms with E-state index in [1.807, 2.05) is 24.3 Å². The van der Waals surface area contributed by atoms with E-state index < -0.39 is 10.0 Å². The Kier molecular flexibility index (Phi) is 3.38. The highest BCUT2D eigenvalue weighted by Crippen LogP contribution is 2.32. The van der Waals surface area contributed by atoms with E-state index in [9.17, 15) is 8.42 Å². The summed E-state index contributed by atoms with van der Waals surface area (Å²) in [6.45, 7) is 3.96. The monoisotopic (exact) mass is 295 g/mol. The third kappa shape index (κ3) is 2.50. The Balaban J connectivity index is 1.72. The Morgan fingerprint density at radius 2 is 1.80 bits per heavy atom. The van der Waals surface area contributed by atoms with E-state index in [0.717, 1.165) is 30.8 Å². The first kappa shape index (κ1) is 13.7. The molecule has 1 atom stereocenters. The maximum absolute atomic E-state index is 12.3. The zero-order chi connectivity index (χ0) is 14.3. The molecule has 1 aromatic rings. The standard InChI is InChI=1S/C14H21N3O2S/c1-11-10-16(20(18,19)14-6-7-14)8-9-17(11)13-4-2-12(15)3-5-13/h2-5,11,14H,6-10,15H2,1H3. The van der Waals surface area contributed by atoms with E-state index in [4.69, 9.17) is 5.73 Å². The molecule has 0 amide bonds. The minimum Gasteiger partial charge on any atom is -0.399 e. The molecule has 6 heteroatoms. The van der Waals surface area contributed by atoms with E-state index in [1.165, 1.54) is 0 Å². The van der Waals surface area contributed by atoms with Crippen molar-refractivity contribution in [3.8, 4) is 0 Å². The molecular weight excluding hydrogens is 274 g/mol. The lowest BCUT2D eigenvalue weighted by atomic mass is 10.1. The molecule has 1 aliphatic carbocycles. The molecule has 1 saturated heterocycles. The highest BCUT2D eigenvalue weighted by atomic mass is 32.2. The van der Waals surface area contributed by atoms with Crippen molar-refractivity contribution < 1.29 is 8.42 Å². The lowest BCUT2D eigenvalue weighted by molar-refractivity contribution is 0.342. The van der Waals surface area contributed by atoms with Crippen LogP contribution in [0.1, 0.15) is 19.8 Å². The molecule has 1 saturated carbocycles. The molecule has 20 heavy (non-hydrogen) atoms. The quantitative estimate of drug-likeness (QED) is 0.853. The van der Waals surface area contributed by atoms with Gasteiger partial charge in [-0.1, -0.05) is 0 Å². The number of hydrogen-bond donors (Lipinski definition) is 1. The average molecular weight is 295 g/mol. The van der Waals surface area contributed by atoms with E-state index in [0.29, 0.717) is 13.1 Å². The number of piperazine rings is 1. The SMILES string of the molecule is CC1CN(S(=O)(=O)C2CC2)CCN1c1ccc(N)cc1. The molecule has 3 rings (SSSR count). The van der Waals surface area contributed by atoms with Crippen molar-refractivity contribution in [1.82, 2.24) is 4.31 Å². The second kappa shape index (κ2) is 4.93. The summed E-state index contributed by atoms with van der Waals surface area (Å²) in [5, 5.41) is -0.113. The van der Waals surface area contributed by atoms with Gasteiger partial charge >= 0.3 is 0 Å². The van der Waals surface area contributed by atoms with Crippen LogP contribution in [0.5, 0.6) is 0 Å². The van der Waals surface area contributed by atoms with Gasteiger partial charge in [-0.15, -0.1) is 0 Å². The van der Waals surface area contributed by atoms with Crippen LogP contribution in [0, 0.1) is 0 Å². The van der Waals surface area contributed by atoms with Crippen molar-refractivity contribution in [2.75, 3.05) is 30.3 Å². The zero-order valence-corrected chi connectivity index (χ0v) is 12.5. The third-order valence-corrected chi connectivity index (χ3v) is 6.49. The van der Waals surface area contributed by atoms with Gasteiger partial charge in [-0.05, 0) is 44.0 Å². The Labute approximate surface area is 120 Å². The number of nitrogens with two attached hydrogens (primary N) is 1. The largest absolute Gasteiger partial charge is 0.399 e. The van der Waals surface area contributed by atoms with Crippen LogP contribution in [0.4, 0.5) is 11.4 Å². The van der Waals surface area contributed by atoms with Gasteiger partial charge in [-0.2, -0.15) is 4.31 Å². The predicted octanol–water partition coefficient (Wildman–Crippen LogP) is 1.27. The minimum atomic E-state index is -3.05. The van der Waals surface area contributed by atoms with Gasteiger partial charge in [0.2, 0.25) is 10.0 Å². The predicted molar refractivity (Wildman–Crippen MR) is 81.2 cm³/mol. The minimum absolute atomic E-state index is 0.113. The fourth-order valence-electron chi connectivity index (χ4n) is 2.78. The normalized spacial score (nSPS) is 24.9. The third-order valence-electron chi connectivity index (χ3n) is 4.12. The van der Waals surface area contributed by atoms with Crippen molar-refractivity contribution in [1.29, 1.82) is 0 Å². The lowest BCUT2D eigenvalue weighted by Gasteiger charge is -2.40. The van der Waals surface area contributed by atoms with Crippen LogP contribution >= 0.6 is 0 Å². The van der Waals surface area contributed by atoms with Gasteiger partial charge < -0.3 is 10.6 Å². The number of rotatable bonds is 3. The van der Waals surface area contributed by atoms with Gasteiger partial charge in [0.15, 0.2) is 0 Å². The molecule has 1 aliphatic heterocycles. The topological polar surface area (TPSA) is 66.6 Å². The molecule has 0 radical (unpaired) electrons. The Morgan fingerprint density at radius 1 is 1.15 bits per heavy atom. The van der Waals surface area contributed by atoms with E-state index in [1.54, 1.807) is 4.31 Å².